The predicted octanol–water partition coefficient (Wildman–Crippen LogP) is 0.231. The molecule has 1 heterocycles. The number of hydrogen-bond donors (Lipinski definition) is 3. The maximum Gasteiger partial charge on any atom is 0.290 e. The summed E-state index contributed by atoms with van der Waals surface area (Å²) < 4.78 is 5.08. The number of nitrogens with one attached hydrogen (secondary N) is 2. The predicted molar refractivity (Wildman–Crippen MR) is 69.9 cm³/mol. The Kier molecular flexibility index (Phi) is 5.91. The average molecular weight is 270 g/mol. The lowest BCUT2D eigenvalue weighted by atomic mass is 9.96. The Hall–Kier alpha value is -1.47. The van der Waals surface area contributed by atoms with E-state index in [4.69, 9.17) is 9.84 Å². The molecule has 0 spiro atoms. The summed E-state index contributed by atoms with van der Waals surface area (Å²) in [4.78, 5) is 15.9. The van der Waals surface area contributed by atoms with Crippen LogP contribution in [0, 0.1) is 0 Å². The fourth-order valence-corrected chi connectivity index (χ4v) is 1.32. The van der Waals surface area contributed by atoms with Crippen LogP contribution in [0.5, 0.6) is 0 Å². The van der Waals surface area contributed by atoms with Crippen molar-refractivity contribution in [3.05, 3.63) is 11.6 Å². The number of aliphatic hydroxyl groups is 1. The second-order valence-electron chi connectivity index (χ2n) is 5.20. The van der Waals surface area contributed by atoms with Gasteiger partial charge in [0.05, 0.1) is 13.2 Å². The molecular weight excluding hydrogens is 248 g/mol. The van der Waals surface area contributed by atoms with Gasteiger partial charge in [-0.1, -0.05) is 20.8 Å². The van der Waals surface area contributed by atoms with E-state index in [1.54, 1.807) is 0 Å². The van der Waals surface area contributed by atoms with Crippen LogP contribution < -0.4 is 5.32 Å². The summed E-state index contributed by atoms with van der Waals surface area (Å²) in [7, 11) is 0. The second kappa shape index (κ2) is 7.20. The molecule has 0 radical (unpaired) electrons. The second-order valence-corrected chi connectivity index (χ2v) is 5.20. The molecule has 1 amide bonds. The minimum absolute atomic E-state index is 0.0130. The van der Waals surface area contributed by atoms with E-state index in [1.807, 2.05) is 20.8 Å². The maximum atomic E-state index is 11.7. The van der Waals surface area contributed by atoms with Crippen molar-refractivity contribution in [2.45, 2.75) is 32.6 Å². The van der Waals surface area contributed by atoms with Crippen molar-refractivity contribution in [1.29, 1.82) is 0 Å². The van der Waals surface area contributed by atoms with Crippen LogP contribution in [0.25, 0.3) is 0 Å². The van der Waals surface area contributed by atoms with Crippen molar-refractivity contribution in [3.63, 3.8) is 0 Å². The van der Waals surface area contributed by atoms with Gasteiger partial charge in [0.2, 0.25) is 5.82 Å². The zero-order chi connectivity index (χ0) is 14.3. The molecule has 0 saturated heterocycles. The third-order valence-electron chi connectivity index (χ3n) is 2.39. The van der Waals surface area contributed by atoms with Crippen LogP contribution in [0.15, 0.2) is 0 Å². The minimum Gasteiger partial charge on any atom is -0.394 e. The van der Waals surface area contributed by atoms with Gasteiger partial charge in [0.1, 0.15) is 5.82 Å². The van der Waals surface area contributed by atoms with Crippen LogP contribution >= 0.6 is 0 Å². The third kappa shape index (κ3) is 5.35. The van der Waals surface area contributed by atoms with E-state index in [0.717, 1.165) is 0 Å². The zero-order valence-electron chi connectivity index (χ0n) is 11.7. The number of ether oxygens (including phenoxy) is 1. The van der Waals surface area contributed by atoms with Crippen molar-refractivity contribution < 1.29 is 14.6 Å². The Bertz CT molecular complexity index is 398. The van der Waals surface area contributed by atoms with Gasteiger partial charge in [0.25, 0.3) is 5.91 Å². The highest BCUT2D eigenvalue weighted by Gasteiger charge is 2.20. The SMILES string of the molecule is CC(C)(C)c1nc(C(=O)NCCCOCCO)n[nH]1. The highest BCUT2D eigenvalue weighted by molar-refractivity contribution is 5.90. The monoisotopic (exact) mass is 270 g/mol. The number of nitrogens with zero attached hydrogens (tertiary/aromatic N) is 2. The lowest BCUT2D eigenvalue weighted by Gasteiger charge is -2.12. The molecule has 19 heavy (non-hydrogen) atoms. The number of amides is 1. The highest BCUT2D eigenvalue weighted by atomic mass is 16.5. The number of rotatable bonds is 7. The van der Waals surface area contributed by atoms with Gasteiger partial charge < -0.3 is 15.2 Å². The summed E-state index contributed by atoms with van der Waals surface area (Å²) in [6.07, 6.45) is 0.683. The maximum absolute atomic E-state index is 11.7. The number of carbonyl (C=O) groups excluding carboxylic acids is 1. The standard InChI is InChI=1S/C12H22N4O3/c1-12(2,3)11-14-9(15-16-11)10(18)13-5-4-7-19-8-6-17/h17H,4-8H2,1-3H3,(H,13,18)(H,14,15,16). The molecule has 1 aromatic rings. The highest BCUT2D eigenvalue weighted by Crippen LogP contribution is 2.17. The number of aromatic amines is 1. The summed E-state index contributed by atoms with van der Waals surface area (Å²) in [5.41, 5.74) is -0.163. The Labute approximate surface area is 112 Å². The first kappa shape index (κ1) is 15.6. The molecule has 0 saturated carbocycles. The largest absolute Gasteiger partial charge is 0.394 e. The first-order valence-electron chi connectivity index (χ1n) is 6.35. The molecule has 0 aliphatic carbocycles. The normalized spacial score (nSPS) is 11.6. The lowest BCUT2D eigenvalue weighted by Crippen LogP contribution is -2.26. The molecule has 0 unspecified atom stereocenters. The number of hydrogen-bond acceptors (Lipinski definition) is 5. The van der Waals surface area contributed by atoms with Gasteiger partial charge in [0.15, 0.2) is 0 Å². The molecule has 0 fully saturated rings. The van der Waals surface area contributed by atoms with Crippen LogP contribution in [0.3, 0.4) is 0 Å². The molecule has 0 bridgehead atoms. The van der Waals surface area contributed by atoms with Gasteiger partial charge >= 0.3 is 0 Å². The molecular formula is C12H22N4O3. The summed E-state index contributed by atoms with van der Waals surface area (Å²) in [6.45, 7) is 7.31. The summed E-state index contributed by atoms with van der Waals surface area (Å²) >= 11 is 0. The molecule has 3 N–H and O–H groups in total. The van der Waals surface area contributed by atoms with Crippen LogP contribution in [0.1, 0.15) is 43.6 Å². The molecule has 0 atom stereocenters. The van der Waals surface area contributed by atoms with Crippen molar-refractivity contribution in [2.75, 3.05) is 26.4 Å². The number of aromatic nitrogens is 3. The Morgan fingerprint density at radius 3 is 2.74 bits per heavy atom. The van der Waals surface area contributed by atoms with Crippen molar-refractivity contribution in [3.8, 4) is 0 Å². The molecule has 108 valence electrons. The van der Waals surface area contributed by atoms with Gasteiger partial charge in [0, 0.05) is 18.6 Å². The van der Waals surface area contributed by atoms with Crippen molar-refractivity contribution in [2.24, 2.45) is 0 Å². The van der Waals surface area contributed by atoms with Gasteiger partial charge in [-0.15, -0.1) is 5.10 Å². The van der Waals surface area contributed by atoms with Crippen molar-refractivity contribution >= 4 is 5.91 Å². The van der Waals surface area contributed by atoms with E-state index in [1.165, 1.54) is 0 Å². The average Bonchev–Trinajstić information content (AvgIpc) is 2.82. The molecule has 0 aromatic carbocycles. The Morgan fingerprint density at radius 2 is 2.16 bits per heavy atom. The summed E-state index contributed by atoms with van der Waals surface area (Å²) in [6, 6.07) is 0. The van der Waals surface area contributed by atoms with E-state index in [-0.39, 0.29) is 23.8 Å². The first-order valence-corrected chi connectivity index (χ1v) is 6.35. The van der Waals surface area contributed by atoms with Crippen molar-refractivity contribution in [1.82, 2.24) is 20.5 Å². The van der Waals surface area contributed by atoms with Crippen LogP contribution in [0.2, 0.25) is 0 Å². The molecule has 1 aromatic heterocycles. The quantitative estimate of drug-likeness (QED) is 0.616. The Morgan fingerprint density at radius 1 is 1.42 bits per heavy atom. The molecule has 0 aliphatic heterocycles. The van der Waals surface area contributed by atoms with Crippen LogP contribution in [-0.2, 0) is 10.2 Å². The lowest BCUT2D eigenvalue weighted by molar-refractivity contribution is 0.0863. The Balaban J connectivity index is 2.32. The fraction of sp³-hybridized carbons (Fsp3) is 0.750. The van der Waals surface area contributed by atoms with Crippen LogP contribution in [-0.4, -0.2) is 52.6 Å². The van der Waals surface area contributed by atoms with E-state index >= 15 is 0 Å². The molecule has 7 heteroatoms. The molecule has 1 rings (SSSR count). The van der Waals surface area contributed by atoms with Gasteiger partial charge in [-0.25, -0.2) is 4.98 Å². The van der Waals surface area contributed by atoms with Gasteiger partial charge in [-0.3, -0.25) is 9.89 Å². The molecule has 0 aliphatic rings. The van der Waals surface area contributed by atoms with E-state index in [2.05, 4.69) is 20.5 Å². The smallest absolute Gasteiger partial charge is 0.290 e. The molecule has 7 nitrogen and oxygen atoms in total. The number of carbonyl (C=O) groups is 1. The third-order valence-corrected chi connectivity index (χ3v) is 2.39. The summed E-state index contributed by atoms with van der Waals surface area (Å²) in [5, 5.41) is 17.9. The van der Waals surface area contributed by atoms with E-state index in [0.29, 0.717) is 32.0 Å². The summed E-state index contributed by atoms with van der Waals surface area (Å²) in [5.74, 6) is 0.541. The van der Waals surface area contributed by atoms with Crippen LogP contribution in [0.4, 0.5) is 0 Å². The van der Waals surface area contributed by atoms with E-state index in [9.17, 15) is 4.79 Å². The minimum atomic E-state index is -0.297. The van der Waals surface area contributed by atoms with Gasteiger partial charge in [-0.2, -0.15) is 0 Å². The topological polar surface area (TPSA) is 100 Å². The zero-order valence-corrected chi connectivity index (χ0v) is 11.7. The number of H-pyrrole nitrogens is 1. The van der Waals surface area contributed by atoms with Gasteiger partial charge in [-0.05, 0) is 6.42 Å². The number of aliphatic hydroxyl groups excluding tert-OH is 1. The fourth-order valence-electron chi connectivity index (χ4n) is 1.32. The first-order chi connectivity index (χ1) is 8.95. The van der Waals surface area contributed by atoms with E-state index < -0.39 is 0 Å².